The van der Waals surface area contributed by atoms with Gasteiger partial charge in [-0.1, -0.05) is 6.92 Å². The van der Waals surface area contributed by atoms with Gasteiger partial charge in [-0.15, -0.1) is 0 Å². The molecular formula is C6H19NO3Si. The summed E-state index contributed by atoms with van der Waals surface area (Å²) in [5.74, 6) is 0. The molecule has 0 saturated carbocycles. The Balaban J connectivity index is 0. The van der Waals surface area contributed by atoms with Gasteiger partial charge in [0.1, 0.15) is 0 Å². The van der Waals surface area contributed by atoms with Gasteiger partial charge in [0.25, 0.3) is 0 Å². The molecule has 0 spiro atoms. The highest BCUT2D eigenvalue weighted by Crippen LogP contribution is 1.81. The zero-order valence-corrected chi connectivity index (χ0v) is 9.16. The Morgan fingerprint density at radius 2 is 1.36 bits per heavy atom. The molecule has 11 heavy (non-hydrogen) atoms. The van der Waals surface area contributed by atoms with Crippen LogP contribution in [0.3, 0.4) is 0 Å². The van der Waals surface area contributed by atoms with Crippen LogP contribution in [0.4, 0.5) is 0 Å². The first-order chi connectivity index (χ1) is 5.26. The van der Waals surface area contributed by atoms with Crippen molar-refractivity contribution < 1.29 is 13.3 Å². The lowest BCUT2D eigenvalue weighted by Gasteiger charge is -2.05. The lowest BCUT2D eigenvalue weighted by atomic mass is 10.8. The normalized spacial score (nSPS) is 9.27. The van der Waals surface area contributed by atoms with Crippen LogP contribution >= 0.6 is 0 Å². The van der Waals surface area contributed by atoms with Gasteiger partial charge < -0.3 is 18.6 Å². The Kier molecular flexibility index (Phi) is 15.8. The molecule has 0 aliphatic carbocycles. The highest BCUT2D eigenvalue weighted by molar-refractivity contribution is 6.36. The maximum absolute atomic E-state index is 4.74. The standard InChI is InChI=1S/C3H9N.C3H10O3Si/c1-3-4-2;1-4-7(5-2)6-3/h4H,3H2,1-2H3;7H,1-3H3. The van der Waals surface area contributed by atoms with Crippen molar-refractivity contribution in [1.82, 2.24) is 5.32 Å². The van der Waals surface area contributed by atoms with Crippen LogP contribution in [0.5, 0.6) is 0 Å². The molecule has 0 aromatic rings. The van der Waals surface area contributed by atoms with Crippen LogP contribution in [0.2, 0.25) is 0 Å². The van der Waals surface area contributed by atoms with Gasteiger partial charge in [0.2, 0.25) is 0 Å². The van der Waals surface area contributed by atoms with E-state index in [2.05, 4.69) is 12.2 Å². The summed E-state index contributed by atoms with van der Waals surface area (Å²) in [5, 5.41) is 2.93. The first kappa shape index (κ1) is 13.6. The Hall–Kier alpha value is 0.0569. The van der Waals surface area contributed by atoms with Gasteiger partial charge in [-0.25, -0.2) is 0 Å². The van der Waals surface area contributed by atoms with E-state index in [9.17, 15) is 0 Å². The molecule has 0 fully saturated rings. The van der Waals surface area contributed by atoms with E-state index in [-0.39, 0.29) is 0 Å². The molecule has 0 bridgehead atoms. The summed E-state index contributed by atoms with van der Waals surface area (Å²) in [5.41, 5.74) is 0. The number of hydrogen-bond donors (Lipinski definition) is 1. The van der Waals surface area contributed by atoms with Gasteiger partial charge in [-0.2, -0.15) is 0 Å². The van der Waals surface area contributed by atoms with Gasteiger partial charge in [-0.3, -0.25) is 0 Å². The first-order valence-corrected chi connectivity index (χ1v) is 4.91. The Labute approximate surface area is 70.8 Å². The second-order valence-electron chi connectivity index (χ2n) is 1.70. The van der Waals surface area contributed by atoms with Crippen molar-refractivity contribution >= 4 is 9.53 Å². The number of hydrogen-bond acceptors (Lipinski definition) is 4. The van der Waals surface area contributed by atoms with Crippen LogP contribution in [-0.2, 0) is 13.3 Å². The molecular weight excluding hydrogens is 162 g/mol. The highest BCUT2D eigenvalue weighted by atomic mass is 28.3. The monoisotopic (exact) mass is 181 g/mol. The van der Waals surface area contributed by atoms with Crippen molar-refractivity contribution in [3.05, 3.63) is 0 Å². The molecule has 0 radical (unpaired) electrons. The van der Waals surface area contributed by atoms with Gasteiger partial charge in [-0.05, 0) is 13.6 Å². The zero-order chi connectivity index (χ0) is 9.11. The lowest BCUT2D eigenvalue weighted by molar-refractivity contribution is 0.163. The highest BCUT2D eigenvalue weighted by Gasteiger charge is 2.04. The molecule has 0 aromatic carbocycles. The van der Waals surface area contributed by atoms with Gasteiger partial charge in [0.15, 0.2) is 0 Å². The number of nitrogens with one attached hydrogen (secondary N) is 1. The minimum Gasteiger partial charge on any atom is -0.379 e. The van der Waals surface area contributed by atoms with E-state index in [1.165, 1.54) is 0 Å². The molecule has 0 aromatic heterocycles. The minimum absolute atomic E-state index is 1.07. The van der Waals surface area contributed by atoms with Crippen LogP contribution in [0.25, 0.3) is 0 Å². The van der Waals surface area contributed by atoms with Crippen molar-refractivity contribution in [2.75, 3.05) is 34.9 Å². The van der Waals surface area contributed by atoms with E-state index < -0.39 is 9.53 Å². The predicted octanol–water partition coefficient (Wildman–Crippen LogP) is -0.132. The molecule has 0 atom stereocenters. The summed E-state index contributed by atoms with van der Waals surface area (Å²) in [6.07, 6.45) is 0. The summed E-state index contributed by atoms with van der Waals surface area (Å²) in [6, 6.07) is 0. The Morgan fingerprint density at radius 3 is 1.36 bits per heavy atom. The summed E-state index contributed by atoms with van der Waals surface area (Å²) < 4.78 is 14.2. The van der Waals surface area contributed by atoms with Crippen LogP contribution in [0, 0.1) is 0 Å². The molecule has 70 valence electrons. The average Bonchev–Trinajstić information content (AvgIpc) is 2.08. The second kappa shape index (κ2) is 12.7. The topological polar surface area (TPSA) is 39.7 Å². The van der Waals surface area contributed by atoms with Crippen molar-refractivity contribution in [2.45, 2.75) is 6.92 Å². The van der Waals surface area contributed by atoms with Crippen molar-refractivity contribution in [3.63, 3.8) is 0 Å². The van der Waals surface area contributed by atoms with Crippen LogP contribution in [0.1, 0.15) is 6.92 Å². The molecule has 0 unspecified atom stereocenters. The zero-order valence-electron chi connectivity index (χ0n) is 8.01. The molecule has 0 saturated heterocycles. The van der Waals surface area contributed by atoms with E-state index >= 15 is 0 Å². The molecule has 0 heterocycles. The summed E-state index contributed by atoms with van der Waals surface area (Å²) in [7, 11) is 4.98. The van der Waals surface area contributed by atoms with Crippen molar-refractivity contribution in [1.29, 1.82) is 0 Å². The summed E-state index contributed by atoms with van der Waals surface area (Å²) in [4.78, 5) is 0. The fourth-order valence-electron chi connectivity index (χ4n) is 0.289. The third-order valence-corrected chi connectivity index (χ3v) is 2.09. The molecule has 0 amide bonds. The fourth-order valence-corrected chi connectivity index (χ4v) is 0.866. The molecule has 0 aliphatic rings. The third kappa shape index (κ3) is 13.1. The smallest absolute Gasteiger partial charge is 0.379 e. The van der Waals surface area contributed by atoms with Crippen molar-refractivity contribution in [3.8, 4) is 0 Å². The van der Waals surface area contributed by atoms with E-state index in [0.717, 1.165) is 6.54 Å². The van der Waals surface area contributed by atoms with E-state index in [4.69, 9.17) is 13.3 Å². The van der Waals surface area contributed by atoms with E-state index in [1.54, 1.807) is 21.3 Å². The SMILES string of the molecule is CCNC.CO[SiH](OC)OC. The molecule has 0 rings (SSSR count). The predicted molar refractivity (Wildman–Crippen MR) is 47.8 cm³/mol. The van der Waals surface area contributed by atoms with Crippen molar-refractivity contribution in [2.24, 2.45) is 0 Å². The molecule has 4 nitrogen and oxygen atoms in total. The lowest BCUT2D eigenvalue weighted by Crippen LogP contribution is -2.21. The van der Waals surface area contributed by atoms with Crippen LogP contribution in [0.15, 0.2) is 0 Å². The third-order valence-electron chi connectivity index (χ3n) is 0.931. The van der Waals surface area contributed by atoms with Crippen LogP contribution < -0.4 is 5.32 Å². The van der Waals surface area contributed by atoms with E-state index in [1.807, 2.05) is 7.05 Å². The van der Waals surface area contributed by atoms with Gasteiger partial charge in [0, 0.05) is 21.3 Å². The Bertz CT molecular complexity index is 54.3. The fraction of sp³-hybridized carbons (Fsp3) is 1.00. The molecule has 1 N–H and O–H groups in total. The molecule has 5 heteroatoms. The summed E-state index contributed by atoms with van der Waals surface area (Å²) >= 11 is 0. The minimum atomic E-state index is -1.67. The second-order valence-corrected chi connectivity index (χ2v) is 3.69. The molecule has 0 aliphatic heterocycles. The maximum Gasteiger partial charge on any atom is 0.483 e. The Morgan fingerprint density at radius 1 is 1.09 bits per heavy atom. The van der Waals surface area contributed by atoms with Gasteiger partial charge >= 0.3 is 9.53 Å². The quantitative estimate of drug-likeness (QED) is 0.613. The van der Waals surface area contributed by atoms with Crippen LogP contribution in [-0.4, -0.2) is 44.4 Å². The first-order valence-electron chi connectivity index (χ1n) is 3.49. The maximum atomic E-state index is 4.74. The average molecular weight is 181 g/mol. The van der Waals surface area contributed by atoms with E-state index in [0.29, 0.717) is 0 Å². The largest absolute Gasteiger partial charge is 0.483 e. The number of rotatable bonds is 4. The summed E-state index contributed by atoms with van der Waals surface area (Å²) in [6.45, 7) is 3.14. The van der Waals surface area contributed by atoms with Gasteiger partial charge in [0.05, 0.1) is 0 Å².